The SMILES string of the molecule is C#CCCCCCCCCCCCCCCCC(=O)NCCCN(CC(=O)OC(C)(C)C)CC(=O)OC(C)(C)C. The minimum absolute atomic E-state index is 0.00181. The van der Waals surface area contributed by atoms with Crippen molar-refractivity contribution < 1.29 is 23.9 Å². The van der Waals surface area contributed by atoms with Gasteiger partial charge in [0, 0.05) is 25.9 Å². The molecule has 7 nitrogen and oxygen atoms in total. The number of carbonyl (C=O) groups excluding carboxylic acids is 3. The van der Waals surface area contributed by atoms with Crippen LogP contribution in [0.3, 0.4) is 0 Å². The Hall–Kier alpha value is -2.07. The van der Waals surface area contributed by atoms with Crippen LogP contribution in [0.25, 0.3) is 0 Å². The van der Waals surface area contributed by atoms with Crippen molar-refractivity contribution in [2.75, 3.05) is 26.2 Å². The summed E-state index contributed by atoms with van der Waals surface area (Å²) in [6, 6.07) is 0. The molecule has 0 radical (unpaired) electrons. The molecule has 0 aliphatic rings. The molecule has 1 N–H and O–H groups in total. The first kappa shape index (κ1) is 37.9. The summed E-state index contributed by atoms with van der Waals surface area (Å²) in [5.41, 5.74) is -1.18. The monoisotopic (exact) mass is 564 g/mol. The van der Waals surface area contributed by atoms with Gasteiger partial charge in [0.1, 0.15) is 11.2 Å². The van der Waals surface area contributed by atoms with Gasteiger partial charge >= 0.3 is 11.9 Å². The van der Waals surface area contributed by atoms with Crippen molar-refractivity contribution in [3.05, 3.63) is 0 Å². The van der Waals surface area contributed by atoms with Crippen LogP contribution in [0.2, 0.25) is 0 Å². The molecule has 0 spiro atoms. The number of hydrogen-bond acceptors (Lipinski definition) is 6. The van der Waals surface area contributed by atoms with Crippen molar-refractivity contribution in [3.8, 4) is 12.3 Å². The highest BCUT2D eigenvalue weighted by molar-refractivity contribution is 5.76. The molecule has 0 saturated heterocycles. The van der Waals surface area contributed by atoms with Gasteiger partial charge in [0.2, 0.25) is 5.91 Å². The Morgan fingerprint density at radius 1 is 0.650 bits per heavy atom. The number of nitrogens with one attached hydrogen (secondary N) is 1. The largest absolute Gasteiger partial charge is 0.459 e. The molecule has 7 heteroatoms. The van der Waals surface area contributed by atoms with Crippen LogP contribution >= 0.6 is 0 Å². The van der Waals surface area contributed by atoms with Gasteiger partial charge in [0.15, 0.2) is 0 Å². The summed E-state index contributed by atoms with van der Waals surface area (Å²) in [6.07, 6.45) is 23.5. The number of hydrogen-bond donors (Lipinski definition) is 1. The van der Waals surface area contributed by atoms with E-state index < -0.39 is 11.2 Å². The number of carbonyl (C=O) groups is 3. The Bertz CT molecular complexity index is 701. The van der Waals surface area contributed by atoms with E-state index in [1.54, 1.807) is 4.90 Å². The quantitative estimate of drug-likeness (QED) is 0.0820. The molecule has 0 unspecified atom stereocenters. The normalized spacial score (nSPS) is 11.8. The highest BCUT2D eigenvalue weighted by Crippen LogP contribution is 2.14. The maximum Gasteiger partial charge on any atom is 0.320 e. The van der Waals surface area contributed by atoms with E-state index in [1.165, 1.54) is 70.6 Å². The Labute approximate surface area is 245 Å². The summed E-state index contributed by atoms with van der Waals surface area (Å²) in [5.74, 6) is 1.99. The van der Waals surface area contributed by atoms with Gasteiger partial charge in [-0.05, 0) is 60.8 Å². The van der Waals surface area contributed by atoms with Crippen LogP contribution in [0.4, 0.5) is 0 Å². The molecule has 0 aromatic rings. The van der Waals surface area contributed by atoms with Crippen LogP contribution < -0.4 is 5.32 Å². The molecule has 1 amide bonds. The van der Waals surface area contributed by atoms with Gasteiger partial charge in [0.05, 0.1) is 13.1 Å². The van der Waals surface area contributed by atoms with Gasteiger partial charge < -0.3 is 14.8 Å². The van der Waals surface area contributed by atoms with E-state index in [2.05, 4.69) is 11.2 Å². The molecule has 0 fully saturated rings. The lowest BCUT2D eigenvalue weighted by atomic mass is 10.0. The Balaban J connectivity index is 3.96. The molecule has 0 rings (SSSR count). The second kappa shape index (κ2) is 22.6. The van der Waals surface area contributed by atoms with Gasteiger partial charge in [-0.25, -0.2) is 0 Å². The second-order valence-electron chi connectivity index (χ2n) is 12.9. The lowest BCUT2D eigenvalue weighted by molar-refractivity contribution is -0.160. The summed E-state index contributed by atoms with van der Waals surface area (Å²) >= 11 is 0. The predicted octanol–water partition coefficient (Wildman–Crippen LogP) is 6.96. The van der Waals surface area contributed by atoms with Crippen molar-refractivity contribution in [2.24, 2.45) is 0 Å². The van der Waals surface area contributed by atoms with Gasteiger partial charge in [-0.2, -0.15) is 0 Å². The zero-order valence-electron chi connectivity index (χ0n) is 26.7. The minimum atomic E-state index is -0.592. The Morgan fingerprint density at radius 3 is 1.45 bits per heavy atom. The van der Waals surface area contributed by atoms with Crippen molar-refractivity contribution >= 4 is 17.8 Å². The molecule has 0 saturated carbocycles. The molecule has 0 aliphatic heterocycles. The fraction of sp³-hybridized carbons (Fsp3) is 0.848. The molecule has 0 atom stereocenters. The molecule has 0 aromatic carbocycles. The van der Waals surface area contributed by atoms with Gasteiger partial charge in [-0.3, -0.25) is 19.3 Å². The van der Waals surface area contributed by atoms with Crippen molar-refractivity contribution in [1.29, 1.82) is 0 Å². The van der Waals surface area contributed by atoms with E-state index in [0.29, 0.717) is 25.9 Å². The van der Waals surface area contributed by atoms with E-state index in [0.717, 1.165) is 19.3 Å². The standard InChI is InChI=1S/C33H60N2O5/c1-8-9-10-11-12-13-14-15-16-17-18-19-20-21-22-24-29(36)34-25-23-26-35(27-30(37)39-32(2,3)4)28-31(38)40-33(5,6)7/h1H,9-28H2,2-7H3,(H,34,36). The summed E-state index contributed by atoms with van der Waals surface area (Å²) in [5, 5.41) is 2.96. The van der Waals surface area contributed by atoms with Crippen LogP contribution in [0.1, 0.15) is 144 Å². The second-order valence-corrected chi connectivity index (χ2v) is 12.9. The number of esters is 2. The highest BCUT2D eigenvalue weighted by atomic mass is 16.6. The first-order valence-corrected chi connectivity index (χ1v) is 15.7. The van der Waals surface area contributed by atoms with E-state index in [9.17, 15) is 14.4 Å². The third kappa shape index (κ3) is 27.5. The third-order valence-corrected chi connectivity index (χ3v) is 6.24. The van der Waals surface area contributed by atoms with Crippen molar-refractivity contribution in [1.82, 2.24) is 10.2 Å². The zero-order valence-corrected chi connectivity index (χ0v) is 26.7. The molecule has 0 aliphatic carbocycles. The maximum absolute atomic E-state index is 12.3. The molecule has 0 bridgehead atoms. The zero-order chi connectivity index (χ0) is 30.3. The number of terminal acetylenes is 1. The van der Waals surface area contributed by atoms with Gasteiger partial charge in [-0.15, -0.1) is 12.3 Å². The number of rotatable bonds is 23. The number of nitrogens with zero attached hydrogens (tertiary/aromatic N) is 1. The fourth-order valence-corrected chi connectivity index (χ4v) is 4.40. The molecular weight excluding hydrogens is 504 g/mol. The van der Waals surface area contributed by atoms with E-state index in [1.807, 2.05) is 41.5 Å². The number of amides is 1. The highest BCUT2D eigenvalue weighted by Gasteiger charge is 2.23. The summed E-state index contributed by atoms with van der Waals surface area (Å²) in [4.78, 5) is 38.5. The van der Waals surface area contributed by atoms with E-state index >= 15 is 0 Å². The van der Waals surface area contributed by atoms with Crippen molar-refractivity contribution in [2.45, 2.75) is 155 Å². The average molecular weight is 565 g/mol. The van der Waals surface area contributed by atoms with Gasteiger partial charge in [0.25, 0.3) is 0 Å². The average Bonchev–Trinajstić information content (AvgIpc) is 2.81. The fourth-order valence-electron chi connectivity index (χ4n) is 4.40. The smallest absolute Gasteiger partial charge is 0.320 e. The molecule has 0 heterocycles. The lowest BCUT2D eigenvalue weighted by Crippen LogP contribution is -2.41. The first-order valence-electron chi connectivity index (χ1n) is 15.7. The summed E-state index contributed by atoms with van der Waals surface area (Å²) in [7, 11) is 0. The molecule has 232 valence electrons. The summed E-state index contributed by atoms with van der Waals surface area (Å²) < 4.78 is 10.8. The number of unbranched alkanes of at least 4 members (excludes halogenated alkanes) is 13. The van der Waals surface area contributed by atoms with Crippen LogP contribution in [-0.2, 0) is 23.9 Å². The lowest BCUT2D eigenvalue weighted by Gasteiger charge is -2.26. The topological polar surface area (TPSA) is 84.9 Å². The maximum atomic E-state index is 12.3. The van der Waals surface area contributed by atoms with Gasteiger partial charge in [-0.1, -0.05) is 70.6 Å². The van der Waals surface area contributed by atoms with Crippen LogP contribution in [0, 0.1) is 12.3 Å². The first-order chi connectivity index (χ1) is 18.8. The van der Waals surface area contributed by atoms with Crippen LogP contribution in [-0.4, -0.2) is 60.1 Å². The Morgan fingerprint density at radius 2 is 1.05 bits per heavy atom. The van der Waals surface area contributed by atoms with Crippen LogP contribution in [0.5, 0.6) is 0 Å². The third-order valence-electron chi connectivity index (χ3n) is 6.24. The van der Waals surface area contributed by atoms with Crippen molar-refractivity contribution in [3.63, 3.8) is 0 Å². The Kier molecular flexibility index (Phi) is 21.4. The van der Waals surface area contributed by atoms with E-state index in [4.69, 9.17) is 15.9 Å². The molecule has 0 aromatic heterocycles. The molecular formula is C33H60N2O5. The molecule has 40 heavy (non-hydrogen) atoms. The predicted molar refractivity (Wildman–Crippen MR) is 164 cm³/mol. The van der Waals surface area contributed by atoms with Crippen LogP contribution in [0.15, 0.2) is 0 Å². The number of ether oxygens (including phenoxy) is 2. The van der Waals surface area contributed by atoms with E-state index in [-0.39, 0.29) is 30.9 Å². The summed E-state index contributed by atoms with van der Waals surface area (Å²) in [6.45, 7) is 11.9. The minimum Gasteiger partial charge on any atom is -0.459 e.